The molecular formula is C38H49N3O4Si. The van der Waals surface area contributed by atoms with Gasteiger partial charge in [0.1, 0.15) is 18.1 Å². The van der Waals surface area contributed by atoms with Gasteiger partial charge in [0.15, 0.2) is 11.5 Å². The average molecular weight is 640 g/mol. The van der Waals surface area contributed by atoms with Crippen molar-refractivity contribution in [3.05, 3.63) is 76.7 Å². The van der Waals surface area contributed by atoms with Crippen molar-refractivity contribution in [3.8, 4) is 34.5 Å². The van der Waals surface area contributed by atoms with E-state index in [2.05, 4.69) is 91.6 Å². The zero-order valence-electron chi connectivity index (χ0n) is 29.4. The van der Waals surface area contributed by atoms with Gasteiger partial charge >= 0.3 is 5.97 Å². The fourth-order valence-corrected chi connectivity index (χ4v) is 6.21. The molecule has 1 atom stereocenters. The lowest BCUT2D eigenvalue weighted by Crippen LogP contribution is -2.43. The van der Waals surface area contributed by atoms with Crippen molar-refractivity contribution < 1.29 is 18.7 Å². The molecule has 244 valence electrons. The molecule has 46 heavy (non-hydrogen) atoms. The highest BCUT2D eigenvalue weighted by molar-refractivity contribution is 6.74. The van der Waals surface area contributed by atoms with E-state index in [9.17, 15) is 4.79 Å². The van der Waals surface area contributed by atoms with Gasteiger partial charge in [0.25, 0.3) is 0 Å². The largest absolute Gasteiger partial charge is 0.543 e. The van der Waals surface area contributed by atoms with Crippen molar-refractivity contribution in [1.29, 1.82) is 0 Å². The van der Waals surface area contributed by atoms with Crippen molar-refractivity contribution in [3.63, 3.8) is 0 Å². The topological polar surface area (TPSA) is 75.0 Å². The van der Waals surface area contributed by atoms with Crippen LogP contribution in [0, 0.1) is 25.7 Å². The minimum Gasteiger partial charge on any atom is -0.543 e. The average Bonchev–Trinajstić information content (AvgIpc) is 3.40. The second-order valence-corrected chi connectivity index (χ2v) is 18.5. The molecule has 0 spiro atoms. The summed E-state index contributed by atoms with van der Waals surface area (Å²) in [5.41, 5.74) is 7.16. The van der Waals surface area contributed by atoms with Crippen LogP contribution in [0.2, 0.25) is 18.1 Å². The molecule has 0 saturated carbocycles. The number of aromatic nitrogens is 3. The Morgan fingerprint density at radius 3 is 2.24 bits per heavy atom. The monoisotopic (exact) mass is 639 g/mol. The lowest BCUT2D eigenvalue weighted by molar-refractivity contribution is -0.143. The molecule has 0 radical (unpaired) electrons. The van der Waals surface area contributed by atoms with Gasteiger partial charge in [-0.25, -0.2) is 9.50 Å². The summed E-state index contributed by atoms with van der Waals surface area (Å²) in [5, 5.41) is 4.94. The molecular weight excluding hydrogens is 591 g/mol. The number of fused-ring (bicyclic) bond motifs is 1. The number of aryl methyl sites for hydroxylation is 2. The first-order chi connectivity index (χ1) is 21.6. The standard InChI is InChI=1S/C38H49N3O4Si/c1-12-14-30(22-34(42)43-13-2)29-15-17-31(18-16-29)44-24-28-21-33(37-39-36(25(3)4)40-41(37)23-28)35-26(5)19-32(20-27(35)6)45-46(10,11)38(7,8)9/h15-21,23,25,30H,13,22,24H2,1-11H3. The third kappa shape index (κ3) is 8.00. The summed E-state index contributed by atoms with van der Waals surface area (Å²) in [6.07, 6.45) is 2.22. The van der Waals surface area contributed by atoms with E-state index in [1.807, 2.05) is 35.0 Å². The van der Waals surface area contributed by atoms with Crippen LogP contribution < -0.4 is 9.16 Å². The number of carbonyl (C=O) groups is 1. The molecule has 8 heteroatoms. The molecule has 2 aromatic heterocycles. The number of hydrogen-bond donors (Lipinski definition) is 0. The highest BCUT2D eigenvalue weighted by atomic mass is 28.4. The van der Waals surface area contributed by atoms with Gasteiger partial charge < -0.3 is 13.9 Å². The van der Waals surface area contributed by atoms with Crippen LogP contribution in [0.1, 0.15) is 94.8 Å². The van der Waals surface area contributed by atoms with E-state index in [0.29, 0.717) is 13.2 Å². The van der Waals surface area contributed by atoms with E-state index >= 15 is 0 Å². The lowest BCUT2D eigenvalue weighted by Gasteiger charge is -2.36. The second kappa shape index (κ2) is 14.1. The molecule has 2 aromatic carbocycles. The van der Waals surface area contributed by atoms with Gasteiger partial charge in [0.2, 0.25) is 8.32 Å². The van der Waals surface area contributed by atoms with Gasteiger partial charge in [0, 0.05) is 23.2 Å². The van der Waals surface area contributed by atoms with Crippen LogP contribution in [0.3, 0.4) is 0 Å². The van der Waals surface area contributed by atoms with Crippen LogP contribution in [-0.4, -0.2) is 35.5 Å². The SMILES string of the molecule is CC#CC(CC(=O)OCC)c1ccc(OCc2cc(-c3c(C)cc(O[Si](C)(C)C(C)(C)C)cc3C)c3nc(C(C)C)nn3c2)cc1. The highest BCUT2D eigenvalue weighted by Crippen LogP contribution is 2.40. The summed E-state index contributed by atoms with van der Waals surface area (Å²) in [6, 6.07) is 14.2. The van der Waals surface area contributed by atoms with E-state index in [0.717, 1.165) is 56.4 Å². The van der Waals surface area contributed by atoms with Gasteiger partial charge in [-0.1, -0.05) is 52.7 Å². The van der Waals surface area contributed by atoms with Gasteiger partial charge in [0.05, 0.1) is 18.9 Å². The van der Waals surface area contributed by atoms with Crippen LogP contribution in [0.15, 0.2) is 48.7 Å². The van der Waals surface area contributed by atoms with E-state index in [1.54, 1.807) is 13.8 Å². The molecule has 7 nitrogen and oxygen atoms in total. The minimum absolute atomic E-state index is 0.108. The van der Waals surface area contributed by atoms with Gasteiger partial charge in [-0.15, -0.1) is 5.92 Å². The fraction of sp³-hybridized carbons (Fsp3) is 0.447. The smallest absolute Gasteiger partial charge is 0.307 e. The molecule has 2 heterocycles. The van der Waals surface area contributed by atoms with E-state index in [4.69, 9.17) is 24.0 Å². The second-order valence-electron chi connectivity index (χ2n) is 13.8. The zero-order chi connectivity index (χ0) is 33.8. The zero-order valence-corrected chi connectivity index (χ0v) is 30.4. The van der Waals surface area contributed by atoms with Gasteiger partial charge in [-0.05, 0) is 98.4 Å². The van der Waals surface area contributed by atoms with Crippen LogP contribution in [0.5, 0.6) is 11.5 Å². The van der Waals surface area contributed by atoms with Crippen molar-refractivity contribution in [1.82, 2.24) is 14.6 Å². The summed E-state index contributed by atoms with van der Waals surface area (Å²) >= 11 is 0. The Labute approximate surface area is 275 Å². The molecule has 0 N–H and O–H groups in total. The fourth-order valence-electron chi connectivity index (χ4n) is 5.20. The molecule has 0 amide bonds. The van der Waals surface area contributed by atoms with Crippen molar-refractivity contribution in [2.24, 2.45) is 0 Å². The quantitative estimate of drug-likeness (QED) is 0.0926. The Kier molecular flexibility index (Phi) is 10.7. The van der Waals surface area contributed by atoms with Crippen LogP contribution in [0.4, 0.5) is 0 Å². The molecule has 0 bridgehead atoms. The Morgan fingerprint density at radius 1 is 1.02 bits per heavy atom. The van der Waals surface area contributed by atoms with E-state index in [-0.39, 0.29) is 29.3 Å². The summed E-state index contributed by atoms with van der Waals surface area (Å²) < 4.78 is 20.0. The number of esters is 1. The molecule has 4 aromatic rings. The third-order valence-electron chi connectivity index (χ3n) is 8.66. The first-order valence-corrected chi connectivity index (χ1v) is 19.0. The number of pyridine rings is 1. The summed E-state index contributed by atoms with van der Waals surface area (Å²) in [7, 11) is -1.99. The summed E-state index contributed by atoms with van der Waals surface area (Å²) in [5.74, 6) is 8.23. The van der Waals surface area contributed by atoms with Crippen LogP contribution in [-0.2, 0) is 16.1 Å². The summed E-state index contributed by atoms with van der Waals surface area (Å²) in [6.45, 7) is 24.1. The Bertz CT molecular complexity index is 1730. The highest BCUT2D eigenvalue weighted by Gasteiger charge is 2.39. The minimum atomic E-state index is -1.99. The molecule has 4 rings (SSSR count). The number of benzene rings is 2. The molecule has 0 saturated heterocycles. The van der Waals surface area contributed by atoms with Gasteiger partial charge in [-0.2, -0.15) is 5.10 Å². The normalized spacial score (nSPS) is 12.5. The third-order valence-corrected chi connectivity index (χ3v) is 13.0. The number of ether oxygens (including phenoxy) is 2. The maximum absolute atomic E-state index is 12.1. The lowest BCUT2D eigenvalue weighted by atomic mass is 9.95. The predicted octanol–water partition coefficient (Wildman–Crippen LogP) is 9.16. The van der Waals surface area contributed by atoms with Crippen molar-refractivity contribution in [2.45, 2.75) is 105 Å². The predicted molar refractivity (Wildman–Crippen MR) is 188 cm³/mol. The Hall–Kier alpha value is -4.09. The molecule has 1 unspecified atom stereocenters. The van der Waals surface area contributed by atoms with E-state index < -0.39 is 8.32 Å². The number of carbonyl (C=O) groups excluding carboxylic acids is 1. The van der Waals surface area contributed by atoms with E-state index in [1.165, 1.54) is 0 Å². The molecule has 0 aliphatic carbocycles. The number of hydrogen-bond acceptors (Lipinski definition) is 6. The van der Waals surface area contributed by atoms with Crippen LogP contribution in [0.25, 0.3) is 16.8 Å². The molecule has 0 aliphatic rings. The van der Waals surface area contributed by atoms with Gasteiger partial charge in [-0.3, -0.25) is 4.79 Å². The summed E-state index contributed by atoms with van der Waals surface area (Å²) in [4.78, 5) is 17.1. The number of rotatable bonds is 11. The number of nitrogens with zero attached hydrogens (tertiary/aromatic N) is 3. The Balaban J connectivity index is 1.65. The molecule has 0 aliphatic heterocycles. The van der Waals surface area contributed by atoms with Crippen LogP contribution >= 0.6 is 0 Å². The Morgan fingerprint density at radius 2 is 1.67 bits per heavy atom. The van der Waals surface area contributed by atoms with Crippen molar-refractivity contribution in [2.75, 3.05) is 6.61 Å². The molecule has 0 fully saturated rings. The first-order valence-electron chi connectivity index (χ1n) is 16.1. The first kappa shape index (κ1) is 34.8. The maximum atomic E-state index is 12.1. The maximum Gasteiger partial charge on any atom is 0.307 e. The van der Waals surface area contributed by atoms with Crippen molar-refractivity contribution >= 4 is 19.9 Å².